The molecule has 0 aliphatic heterocycles. The zero-order valence-electron chi connectivity index (χ0n) is 12.2. The van der Waals surface area contributed by atoms with Crippen molar-refractivity contribution >= 4 is 11.0 Å². The molecule has 108 valence electrons. The summed E-state index contributed by atoms with van der Waals surface area (Å²) in [7, 11) is 3.75. The fourth-order valence-corrected chi connectivity index (χ4v) is 2.40. The van der Waals surface area contributed by atoms with Crippen molar-refractivity contribution in [1.29, 1.82) is 0 Å². The van der Waals surface area contributed by atoms with Gasteiger partial charge in [0.1, 0.15) is 17.1 Å². The van der Waals surface area contributed by atoms with E-state index in [1.54, 1.807) is 7.11 Å². The van der Waals surface area contributed by atoms with Crippen LogP contribution in [0.25, 0.3) is 11.0 Å². The van der Waals surface area contributed by atoms with Gasteiger partial charge < -0.3 is 9.15 Å². The van der Waals surface area contributed by atoms with Gasteiger partial charge in [0.05, 0.1) is 13.7 Å². The molecule has 0 aliphatic rings. The number of rotatable bonds is 5. The molecule has 0 aliphatic carbocycles. The summed E-state index contributed by atoms with van der Waals surface area (Å²) in [6.07, 6.45) is 3.63. The van der Waals surface area contributed by atoms with Crippen LogP contribution in [0.4, 0.5) is 0 Å². The minimum Gasteiger partial charge on any atom is -0.497 e. The van der Waals surface area contributed by atoms with Crippen molar-refractivity contribution in [2.24, 2.45) is 0 Å². The van der Waals surface area contributed by atoms with E-state index in [9.17, 15) is 0 Å². The number of furan rings is 1. The lowest BCUT2D eigenvalue weighted by atomic mass is 10.2. The highest BCUT2D eigenvalue weighted by Crippen LogP contribution is 2.24. The van der Waals surface area contributed by atoms with Crippen LogP contribution in [-0.2, 0) is 13.1 Å². The van der Waals surface area contributed by atoms with Crippen molar-refractivity contribution in [3.05, 3.63) is 60.1 Å². The lowest BCUT2D eigenvalue weighted by molar-refractivity contribution is 0.292. The van der Waals surface area contributed by atoms with Gasteiger partial charge in [-0.15, -0.1) is 0 Å². The second-order valence-electron chi connectivity index (χ2n) is 5.14. The Bertz CT molecular complexity index is 722. The fraction of sp³-hybridized carbons (Fsp3) is 0.235. The van der Waals surface area contributed by atoms with Crippen molar-refractivity contribution in [3.63, 3.8) is 0 Å². The Balaban J connectivity index is 1.72. The normalized spacial score (nSPS) is 11.2. The molecule has 1 aromatic carbocycles. The van der Waals surface area contributed by atoms with Crippen LogP contribution in [0.3, 0.4) is 0 Å². The topological polar surface area (TPSA) is 38.5 Å². The van der Waals surface area contributed by atoms with E-state index in [0.717, 1.165) is 35.6 Å². The number of benzene rings is 1. The van der Waals surface area contributed by atoms with Crippen molar-refractivity contribution in [2.75, 3.05) is 14.2 Å². The standard InChI is InChI=1S/C17H18N2O2/c1-19(11-13-5-7-18-8-6-13)12-16-10-14-9-15(20-2)3-4-17(14)21-16/h3-10H,11-12H2,1-2H3. The van der Waals surface area contributed by atoms with Crippen LogP contribution in [0.15, 0.2) is 53.2 Å². The number of pyridine rings is 1. The summed E-state index contributed by atoms with van der Waals surface area (Å²) in [5.74, 6) is 1.80. The minimum absolute atomic E-state index is 0.763. The Kier molecular flexibility index (Phi) is 3.88. The number of hydrogen-bond acceptors (Lipinski definition) is 4. The molecule has 0 fully saturated rings. The second-order valence-corrected chi connectivity index (χ2v) is 5.14. The predicted molar refractivity (Wildman–Crippen MR) is 82.2 cm³/mol. The first-order chi connectivity index (χ1) is 10.2. The van der Waals surface area contributed by atoms with Gasteiger partial charge in [-0.3, -0.25) is 9.88 Å². The van der Waals surface area contributed by atoms with E-state index in [-0.39, 0.29) is 0 Å². The molecule has 0 N–H and O–H groups in total. The lowest BCUT2D eigenvalue weighted by Gasteiger charge is -2.14. The molecule has 21 heavy (non-hydrogen) atoms. The predicted octanol–water partition coefficient (Wildman–Crippen LogP) is 3.47. The maximum atomic E-state index is 5.87. The minimum atomic E-state index is 0.763. The summed E-state index contributed by atoms with van der Waals surface area (Å²) in [5.41, 5.74) is 2.13. The third-order valence-electron chi connectivity index (χ3n) is 3.40. The number of fused-ring (bicyclic) bond motifs is 1. The van der Waals surface area contributed by atoms with Crippen LogP contribution < -0.4 is 4.74 Å². The SMILES string of the molecule is COc1ccc2oc(CN(C)Cc3ccncc3)cc2c1. The first-order valence-electron chi connectivity index (χ1n) is 6.88. The molecule has 4 heteroatoms. The van der Waals surface area contributed by atoms with Crippen molar-refractivity contribution in [2.45, 2.75) is 13.1 Å². The monoisotopic (exact) mass is 282 g/mol. The number of aromatic nitrogens is 1. The zero-order chi connectivity index (χ0) is 14.7. The Morgan fingerprint density at radius 1 is 1.10 bits per heavy atom. The Morgan fingerprint density at radius 2 is 1.90 bits per heavy atom. The average Bonchev–Trinajstić information content (AvgIpc) is 2.89. The van der Waals surface area contributed by atoms with Crippen molar-refractivity contribution < 1.29 is 9.15 Å². The number of nitrogens with zero attached hydrogens (tertiary/aromatic N) is 2. The molecule has 2 heterocycles. The van der Waals surface area contributed by atoms with Crippen LogP contribution in [0, 0.1) is 0 Å². The van der Waals surface area contributed by atoms with E-state index in [1.807, 2.05) is 42.7 Å². The fourth-order valence-electron chi connectivity index (χ4n) is 2.40. The molecular formula is C17H18N2O2. The van der Waals surface area contributed by atoms with Crippen LogP contribution in [0.2, 0.25) is 0 Å². The molecule has 0 unspecified atom stereocenters. The first-order valence-corrected chi connectivity index (χ1v) is 6.88. The van der Waals surface area contributed by atoms with Gasteiger partial charge in [0, 0.05) is 24.3 Å². The summed E-state index contributed by atoms with van der Waals surface area (Å²) in [6, 6.07) is 12.0. The van der Waals surface area contributed by atoms with Crippen LogP contribution in [-0.4, -0.2) is 24.0 Å². The van der Waals surface area contributed by atoms with Gasteiger partial charge in [0.2, 0.25) is 0 Å². The molecule has 0 saturated heterocycles. The summed E-state index contributed by atoms with van der Waals surface area (Å²) in [6.45, 7) is 1.63. The van der Waals surface area contributed by atoms with Gasteiger partial charge in [-0.2, -0.15) is 0 Å². The Hall–Kier alpha value is -2.33. The maximum absolute atomic E-state index is 5.87. The number of methoxy groups -OCH3 is 1. The maximum Gasteiger partial charge on any atom is 0.134 e. The van der Waals surface area contributed by atoms with E-state index < -0.39 is 0 Å². The highest BCUT2D eigenvalue weighted by molar-refractivity contribution is 5.79. The number of ether oxygens (including phenoxy) is 1. The molecule has 3 aromatic rings. The molecule has 0 amide bonds. The zero-order valence-corrected chi connectivity index (χ0v) is 12.2. The third kappa shape index (κ3) is 3.23. The van der Waals surface area contributed by atoms with Gasteiger partial charge in [-0.25, -0.2) is 0 Å². The summed E-state index contributed by atoms with van der Waals surface area (Å²) >= 11 is 0. The van der Waals surface area contributed by atoms with Crippen molar-refractivity contribution in [3.8, 4) is 5.75 Å². The molecular weight excluding hydrogens is 264 g/mol. The van der Waals surface area contributed by atoms with Crippen LogP contribution >= 0.6 is 0 Å². The van der Waals surface area contributed by atoms with Gasteiger partial charge >= 0.3 is 0 Å². The van der Waals surface area contributed by atoms with Crippen LogP contribution in [0.1, 0.15) is 11.3 Å². The molecule has 0 spiro atoms. The summed E-state index contributed by atoms with van der Waals surface area (Å²) < 4.78 is 11.1. The van der Waals surface area contributed by atoms with Gasteiger partial charge in [-0.05, 0) is 49.0 Å². The summed E-state index contributed by atoms with van der Waals surface area (Å²) in [4.78, 5) is 6.25. The molecule has 0 bridgehead atoms. The first kappa shape index (κ1) is 13.6. The third-order valence-corrected chi connectivity index (χ3v) is 3.40. The highest BCUT2D eigenvalue weighted by Gasteiger charge is 2.08. The molecule has 3 rings (SSSR count). The lowest BCUT2D eigenvalue weighted by Crippen LogP contribution is -2.16. The van der Waals surface area contributed by atoms with Gasteiger partial charge in [-0.1, -0.05) is 0 Å². The molecule has 0 radical (unpaired) electrons. The van der Waals surface area contributed by atoms with E-state index in [1.165, 1.54) is 5.56 Å². The molecule has 2 aromatic heterocycles. The van der Waals surface area contributed by atoms with Gasteiger partial charge in [0.25, 0.3) is 0 Å². The Labute approximate surface area is 124 Å². The van der Waals surface area contributed by atoms with Gasteiger partial charge in [0.15, 0.2) is 0 Å². The quantitative estimate of drug-likeness (QED) is 0.718. The molecule has 4 nitrogen and oxygen atoms in total. The average molecular weight is 282 g/mol. The molecule has 0 saturated carbocycles. The largest absolute Gasteiger partial charge is 0.497 e. The van der Waals surface area contributed by atoms with E-state index in [4.69, 9.17) is 9.15 Å². The van der Waals surface area contributed by atoms with E-state index in [0.29, 0.717) is 0 Å². The van der Waals surface area contributed by atoms with Crippen LogP contribution in [0.5, 0.6) is 5.75 Å². The van der Waals surface area contributed by atoms with E-state index in [2.05, 4.69) is 23.0 Å². The Morgan fingerprint density at radius 3 is 2.67 bits per heavy atom. The van der Waals surface area contributed by atoms with Crippen molar-refractivity contribution in [1.82, 2.24) is 9.88 Å². The smallest absolute Gasteiger partial charge is 0.134 e. The molecule has 0 atom stereocenters. The number of hydrogen-bond donors (Lipinski definition) is 0. The summed E-state index contributed by atoms with van der Waals surface area (Å²) in [5, 5.41) is 1.07. The second kappa shape index (κ2) is 5.97. The van der Waals surface area contributed by atoms with E-state index >= 15 is 0 Å². The highest BCUT2D eigenvalue weighted by atomic mass is 16.5.